The summed E-state index contributed by atoms with van der Waals surface area (Å²) in [6.07, 6.45) is -3.06. The van der Waals surface area contributed by atoms with Crippen molar-refractivity contribution in [3.8, 4) is 11.4 Å². The Kier molecular flexibility index (Phi) is 5.71. The van der Waals surface area contributed by atoms with Crippen LogP contribution in [0.15, 0.2) is 40.1 Å². The number of rotatable bonds is 5. The monoisotopic (exact) mass is 430 g/mol. The number of carbonyl (C=O) groups excluding carboxylic acids is 1. The predicted molar refractivity (Wildman–Crippen MR) is 99.2 cm³/mol. The first-order valence-corrected chi connectivity index (χ1v) is 9.26. The Hall–Kier alpha value is -2.46. The highest BCUT2D eigenvalue weighted by atomic mass is 35.5. The third kappa shape index (κ3) is 4.33. The molecule has 0 aliphatic heterocycles. The lowest BCUT2D eigenvalue weighted by Crippen LogP contribution is -2.15. The number of furan rings is 1. The van der Waals surface area contributed by atoms with E-state index in [1.165, 1.54) is 6.07 Å². The first kappa shape index (κ1) is 20.3. The third-order valence-electron chi connectivity index (χ3n) is 3.82. The molecule has 28 heavy (non-hydrogen) atoms. The average Bonchev–Trinajstić information content (AvgIpc) is 3.19. The van der Waals surface area contributed by atoms with Crippen LogP contribution in [0.5, 0.6) is 0 Å². The fraction of sp³-hybridized carbons (Fsp3) is 0.235. The molecule has 2 aromatic heterocycles. The molecule has 1 aromatic carbocycles. The average molecular weight is 431 g/mol. The predicted octanol–water partition coefficient (Wildman–Crippen LogP) is 4.79. The molecule has 0 spiro atoms. The second-order valence-electron chi connectivity index (χ2n) is 5.78. The number of carbonyl (C=O) groups is 1. The molecule has 148 valence electrons. The number of aromatic nitrogens is 3. The number of thioether (sulfide) groups is 1. The first-order valence-electron chi connectivity index (χ1n) is 7.90. The molecule has 0 unspecified atom stereocenters. The van der Waals surface area contributed by atoms with Gasteiger partial charge in [-0.05, 0) is 31.2 Å². The Labute approximate surface area is 167 Å². The molecule has 0 bridgehead atoms. The lowest BCUT2D eigenvalue weighted by atomic mass is 10.2. The standard InChI is InChI=1S/C17H14ClF3N4O2S/c1-9-11(5-6-27-9)15-23-24-16(25(15)2)28-8-14(26)22-10-3-4-13(18)12(7-10)17(19,20)21/h3-7H,8H2,1-2H3,(H,22,26). The van der Waals surface area contributed by atoms with Gasteiger partial charge in [0.05, 0.1) is 28.2 Å². The van der Waals surface area contributed by atoms with Crippen molar-refractivity contribution in [2.75, 3.05) is 11.1 Å². The smallest absolute Gasteiger partial charge is 0.417 e. The lowest BCUT2D eigenvalue weighted by Gasteiger charge is -2.11. The van der Waals surface area contributed by atoms with Crippen LogP contribution in [0.1, 0.15) is 11.3 Å². The summed E-state index contributed by atoms with van der Waals surface area (Å²) in [5.74, 6) is 0.736. The highest BCUT2D eigenvalue weighted by Crippen LogP contribution is 2.36. The van der Waals surface area contributed by atoms with E-state index < -0.39 is 22.7 Å². The van der Waals surface area contributed by atoms with Crippen molar-refractivity contribution < 1.29 is 22.4 Å². The summed E-state index contributed by atoms with van der Waals surface area (Å²) in [5, 5.41) is 10.6. The van der Waals surface area contributed by atoms with Crippen LogP contribution in [0.4, 0.5) is 18.9 Å². The van der Waals surface area contributed by atoms with Crippen molar-refractivity contribution in [3.05, 3.63) is 46.9 Å². The van der Waals surface area contributed by atoms with Crippen LogP contribution in [-0.2, 0) is 18.0 Å². The molecular weight excluding hydrogens is 417 g/mol. The highest BCUT2D eigenvalue weighted by Gasteiger charge is 2.33. The molecule has 0 aliphatic carbocycles. The number of anilines is 1. The number of halogens is 4. The summed E-state index contributed by atoms with van der Waals surface area (Å²) in [5.41, 5.74) is -0.213. The maximum atomic E-state index is 12.9. The van der Waals surface area contributed by atoms with Crippen molar-refractivity contribution in [3.63, 3.8) is 0 Å². The van der Waals surface area contributed by atoms with E-state index in [-0.39, 0.29) is 11.4 Å². The van der Waals surface area contributed by atoms with Gasteiger partial charge in [-0.15, -0.1) is 10.2 Å². The van der Waals surface area contributed by atoms with Crippen LogP contribution in [0.2, 0.25) is 5.02 Å². The van der Waals surface area contributed by atoms with Crippen LogP contribution in [0.25, 0.3) is 11.4 Å². The van der Waals surface area contributed by atoms with E-state index in [0.29, 0.717) is 16.7 Å². The van der Waals surface area contributed by atoms with Crippen molar-refractivity contribution in [2.45, 2.75) is 18.3 Å². The maximum Gasteiger partial charge on any atom is 0.417 e. The SMILES string of the molecule is Cc1occc1-c1nnc(SCC(=O)Nc2ccc(Cl)c(C(F)(F)F)c2)n1C. The van der Waals surface area contributed by atoms with E-state index in [0.717, 1.165) is 29.5 Å². The number of alkyl halides is 3. The van der Waals surface area contributed by atoms with Gasteiger partial charge in [-0.2, -0.15) is 13.2 Å². The number of hydrogen-bond acceptors (Lipinski definition) is 5. The van der Waals surface area contributed by atoms with Crippen molar-refractivity contribution in [1.29, 1.82) is 0 Å². The summed E-state index contributed by atoms with van der Waals surface area (Å²) in [4.78, 5) is 12.1. The minimum Gasteiger partial charge on any atom is -0.469 e. The molecule has 0 saturated carbocycles. The Morgan fingerprint density at radius 1 is 1.32 bits per heavy atom. The Bertz CT molecular complexity index is 1020. The molecule has 0 radical (unpaired) electrons. The van der Waals surface area contributed by atoms with Crippen LogP contribution >= 0.6 is 23.4 Å². The zero-order chi connectivity index (χ0) is 20.5. The summed E-state index contributed by atoms with van der Waals surface area (Å²) in [6, 6.07) is 4.96. The topological polar surface area (TPSA) is 72.9 Å². The van der Waals surface area contributed by atoms with Gasteiger partial charge in [0, 0.05) is 12.7 Å². The quantitative estimate of drug-likeness (QED) is 0.589. The first-order chi connectivity index (χ1) is 13.2. The largest absolute Gasteiger partial charge is 0.469 e. The lowest BCUT2D eigenvalue weighted by molar-refractivity contribution is -0.137. The van der Waals surface area contributed by atoms with E-state index in [1.807, 2.05) is 0 Å². The molecule has 11 heteroatoms. The normalized spacial score (nSPS) is 11.6. The number of hydrogen-bond donors (Lipinski definition) is 1. The van der Waals surface area contributed by atoms with Crippen molar-refractivity contribution in [2.24, 2.45) is 7.05 Å². The zero-order valence-corrected chi connectivity index (χ0v) is 16.2. The minimum absolute atomic E-state index is 0.00926. The van der Waals surface area contributed by atoms with E-state index in [1.54, 1.807) is 30.9 Å². The fourth-order valence-corrected chi connectivity index (χ4v) is 3.38. The summed E-state index contributed by atoms with van der Waals surface area (Å²) >= 11 is 6.68. The molecule has 0 saturated heterocycles. The van der Waals surface area contributed by atoms with E-state index in [4.69, 9.17) is 16.0 Å². The van der Waals surface area contributed by atoms with Gasteiger partial charge in [-0.1, -0.05) is 23.4 Å². The van der Waals surface area contributed by atoms with E-state index in [9.17, 15) is 18.0 Å². The van der Waals surface area contributed by atoms with Gasteiger partial charge in [0.25, 0.3) is 0 Å². The number of aryl methyl sites for hydroxylation is 1. The van der Waals surface area contributed by atoms with Gasteiger partial charge in [0.1, 0.15) is 5.76 Å². The second-order valence-corrected chi connectivity index (χ2v) is 7.13. The molecule has 1 amide bonds. The Balaban J connectivity index is 1.66. The zero-order valence-electron chi connectivity index (χ0n) is 14.7. The van der Waals surface area contributed by atoms with Gasteiger partial charge in [-0.25, -0.2) is 0 Å². The Morgan fingerprint density at radius 3 is 2.71 bits per heavy atom. The number of nitrogens with zero attached hydrogens (tertiary/aromatic N) is 3. The molecule has 0 atom stereocenters. The molecule has 2 heterocycles. The number of nitrogens with one attached hydrogen (secondary N) is 1. The van der Waals surface area contributed by atoms with Gasteiger partial charge >= 0.3 is 6.18 Å². The van der Waals surface area contributed by atoms with Crippen LogP contribution in [-0.4, -0.2) is 26.4 Å². The van der Waals surface area contributed by atoms with Gasteiger partial charge in [0.15, 0.2) is 11.0 Å². The number of amides is 1. The molecular formula is C17H14ClF3N4O2S. The van der Waals surface area contributed by atoms with Crippen molar-refractivity contribution in [1.82, 2.24) is 14.8 Å². The Morgan fingerprint density at radius 2 is 2.07 bits per heavy atom. The molecule has 0 fully saturated rings. The van der Waals surface area contributed by atoms with Gasteiger partial charge in [0.2, 0.25) is 5.91 Å². The van der Waals surface area contributed by atoms with Crippen LogP contribution in [0.3, 0.4) is 0 Å². The minimum atomic E-state index is -4.60. The molecule has 6 nitrogen and oxygen atoms in total. The third-order valence-corrected chi connectivity index (χ3v) is 5.17. The summed E-state index contributed by atoms with van der Waals surface area (Å²) in [7, 11) is 1.75. The van der Waals surface area contributed by atoms with Gasteiger partial charge < -0.3 is 14.3 Å². The van der Waals surface area contributed by atoms with Crippen molar-refractivity contribution >= 4 is 35.0 Å². The number of benzene rings is 1. The molecule has 0 aliphatic rings. The van der Waals surface area contributed by atoms with Gasteiger partial charge in [-0.3, -0.25) is 4.79 Å². The van der Waals surface area contributed by atoms with E-state index >= 15 is 0 Å². The molecule has 1 N–H and O–H groups in total. The summed E-state index contributed by atoms with van der Waals surface area (Å²) < 4.78 is 45.7. The summed E-state index contributed by atoms with van der Waals surface area (Å²) in [6.45, 7) is 1.80. The second kappa shape index (κ2) is 7.88. The van der Waals surface area contributed by atoms with Crippen LogP contribution in [0, 0.1) is 6.92 Å². The van der Waals surface area contributed by atoms with Crippen LogP contribution < -0.4 is 5.32 Å². The highest BCUT2D eigenvalue weighted by molar-refractivity contribution is 7.99. The van der Waals surface area contributed by atoms with E-state index in [2.05, 4.69) is 15.5 Å². The fourth-order valence-electron chi connectivity index (χ4n) is 2.44. The maximum absolute atomic E-state index is 12.9. The molecule has 3 aromatic rings. The molecule has 3 rings (SSSR count).